The molecule has 2 aliphatic heterocycles. The van der Waals surface area contributed by atoms with Crippen LogP contribution >= 0.6 is 0 Å². The number of nitrogens with zero attached hydrogens (tertiary/aromatic N) is 4. The number of hydrogen-bond donors (Lipinski definition) is 0. The average molecular weight is 407 g/mol. The van der Waals surface area contributed by atoms with Crippen molar-refractivity contribution in [3.8, 4) is 5.75 Å². The van der Waals surface area contributed by atoms with Crippen molar-refractivity contribution in [2.45, 2.75) is 18.9 Å². The molecule has 0 saturated carbocycles. The number of amides is 1. The number of ether oxygens (including phenoxy) is 1. The Kier molecular flexibility index (Phi) is 6.64. The Morgan fingerprint density at radius 1 is 1.03 bits per heavy atom. The summed E-state index contributed by atoms with van der Waals surface area (Å²) in [4.78, 5) is 23.7. The van der Waals surface area contributed by atoms with Gasteiger partial charge in [-0.05, 0) is 60.9 Å². The highest BCUT2D eigenvalue weighted by Crippen LogP contribution is 2.23. The third kappa shape index (κ3) is 5.00. The Hall–Kier alpha value is -2.86. The van der Waals surface area contributed by atoms with Gasteiger partial charge in [0.15, 0.2) is 0 Å². The molecule has 4 rings (SSSR count). The number of carbonyl (C=O) groups is 1. The number of rotatable bonds is 5. The van der Waals surface area contributed by atoms with Crippen LogP contribution in [0.25, 0.3) is 6.08 Å². The fourth-order valence-corrected chi connectivity index (χ4v) is 4.34. The third-order valence-electron chi connectivity index (χ3n) is 6.10. The van der Waals surface area contributed by atoms with Gasteiger partial charge in [0.1, 0.15) is 5.75 Å². The molecule has 6 heteroatoms. The van der Waals surface area contributed by atoms with Crippen LogP contribution in [0.3, 0.4) is 0 Å². The van der Waals surface area contributed by atoms with Crippen LogP contribution in [0.5, 0.6) is 5.75 Å². The first kappa shape index (κ1) is 20.4. The van der Waals surface area contributed by atoms with Crippen LogP contribution in [0.15, 0.2) is 54.9 Å². The van der Waals surface area contributed by atoms with Gasteiger partial charge >= 0.3 is 0 Å². The third-order valence-corrected chi connectivity index (χ3v) is 6.10. The topological polar surface area (TPSA) is 48.9 Å². The second-order valence-corrected chi connectivity index (χ2v) is 7.92. The van der Waals surface area contributed by atoms with Crippen LogP contribution in [0.1, 0.15) is 18.4 Å². The molecule has 0 aliphatic carbocycles. The van der Waals surface area contributed by atoms with E-state index >= 15 is 0 Å². The minimum Gasteiger partial charge on any atom is -0.497 e. The smallest absolute Gasteiger partial charge is 0.246 e. The Labute approximate surface area is 178 Å². The first-order valence-electron chi connectivity index (χ1n) is 10.7. The summed E-state index contributed by atoms with van der Waals surface area (Å²) in [6, 6.07) is 12.6. The summed E-state index contributed by atoms with van der Waals surface area (Å²) in [6.07, 6.45) is 9.29. The molecule has 1 unspecified atom stereocenters. The standard InChI is InChI=1S/C24H30N4O2/c1-30-23-7-5-21(6-8-23)26-15-17-27(18-16-26)22-3-2-14-28(19-22)24(29)9-4-20-10-12-25-13-11-20/h4-13,22H,2-3,14-19H2,1H3/b9-4+. The van der Waals surface area contributed by atoms with E-state index in [0.717, 1.165) is 57.0 Å². The summed E-state index contributed by atoms with van der Waals surface area (Å²) in [6.45, 7) is 5.76. The van der Waals surface area contributed by atoms with Crippen LogP contribution < -0.4 is 9.64 Å². The van der Waals surface area contributed by atoms with Crippen molar-refractivity contribution < 1.29 is 9.53 Å². The molecule has 0 N–H and O–H groups in total. The molecule has 1 atom stereocenters. The molecule has 1 aromatic heterocycles. The highest BCUT2D eigenvalue weighted by Gasteiger charge is 2.29. The molecule has 1 aromatic carbocycles. The van der Waals surface area contributed by atoms with Crippen LogP contribution in [-0.4, -0.2) is 73.1 Å². The lowest BCUT2D eigenvalue weighted by molar-refractivity contribution is -0.128. The Morgan fingerprint density at radius 2 is 1.77 bits per heavy atom. The summed E-state index contributed by atoms with van der Waals surface area (Å²) in [5.74, 6) is 0.996. The average Bonchev–Trinajstić information content (AvgIpc) is 2.83. The van der Waals surface area contributed by atoms with Gasteiger partial charge in [0, 0.05) is 69.5 Å². The zero-order valence-electron chi connectivity index (χ0n) is 17.6. The second kappa shape index (κ2) is 9.76. The first-order valence-corrected chi connectivity index (χ1v) is 10.7. The fourth-order valence-electron chi connectivity index (χ4n) is 4.34. The van der Waals surface area contributed by atoms with Crippen molar-refractivity contribution in [2.75, 3.05) is 51.3 Å². The van der Waals surface area contributed by atoms with Gasteiger partial charge in [-0.25, -0.2) is 0 Å². The van der Waals surface area contributed by atoms with Crippen molar-refractivity contribution in [1.82, 2.24) is 14.8 Å². The van der Waals surface area contributed by atoms with Gasteiger partial charge in [0.25, 0.3) is 0 Å². The van der Waals surface area contributed by atoms with Crippen molar-refractivity contribution in [1.29, 1.82) is 0 Å². The molecule has 6 nitrogen and oxygen atoms in total. The number of hydrogen-bond acceptors (Lipinski definition) is 5. The lowest BCUT2D eigenvalue weighted by Gasteiger charge is -2.43. The van der Waals surface area contributed by atoms with Crippen LogP contribution in [-0.2, 0) is 4.79 Å². The molecule has 0 spiro atoms. The number of likely N-dealkylation sites (tertiary alicyclic amines) is 1. The molecule has 2 aliphatic rings. The second-order valence-electron chi connectivity index (χ2n) is 7.92. The number of aromatic nitrogens is 1. The first-order chi connectivity index (χ1) is 14.7. The molecule has 2 saturated heterocycles. The number of carbonyl (C=O) groups excluding carboxylic acids is 1. The summed E-state index contributed by atoms with van der Waals surface area (Å²) < 4.78 is 5.26. The van der Waals surface area contributed by atoms with Gasteiger partial charge in [-0.1, -0.05) is 0 Å². The molecular weight excluding hydrogens is 376 g/mol. The molecule has 30 heavy (non-hydrogen) atoms. The van der Waals surface area contributed by atoms with Gasteiger partial charge in [0.05, 0.1) is 7.11 Å². The minimum atomic E-state index is 0.105. The van der Waals surface area contributed by atoms with E-state index in [9.17, 15) is 4.79 Å². The maximum Gasteiger partial charge on any atom is 0.246 e. The van der Waals surface area contributed by atoms with E-state index < -0.39 is 0 Å². The predicted octanol–water partition coefficient (Wildman–Crippen LogP) is 2.92. The number of piperidine rings is 1. The van der Waals surface area contributed by atoms with E-state index in [1.807, 2.05) is 35.2 Å². The van der Waals surface area contributed by atoms with E-state index in [2.05, 4.69) is 26.9 Å². The highest BCUT2D eigenvalue weighted by atomic mass is 16.5. The lowest BCUT2D eigenvalue weighted by Crippen LogP contribution is -2.55. The van der Waals surface area contributed by atoms with Crippen LogP contribution in [0.2, 0.25) is 0 Å². The molecule has 2 fully saturated rings. The monoisotopic (exact) mass is 406 g/mol. The number of anilines is 1. The van der Waals surface area contributed by atoms with E-state index in [1.165, 1.54) is 12.1 Å². The van der Waals surface area contributed by atoms with Crippen molar-refractivity contribution in [3.05, 3.63) is 60.4 Å². The summed E-state index contributed by atoms with van der Waals surface area (Å²) in [7, 11) is 1.70. The summed E-state index contributed by atoms with van der Waals surface area (Å²) in [5, 5.41) is 0. The molecule has 1 amide bonds. The van der Waals surface area contributed by atoms with Gasteiger partial charge in [-0.2, -0.15) is 0 Å². The lowest BCUT2D eigenvalue weighted by atomic mass is 10.0. The quantitative estimate of drug-likeness (QED) is 0.715. The Bertz CT molecular complexity index is 845. The highest BCUT2D eigenvalue weighted by molar-refractivity contribution is 5.91. The van der Waals surface area contributed by atoms with Gasteiger partial charge in [-0.3, -0.25) is 14.7 Å². The van der Waals surface area contributed by atoms with E-state index in [1.54, 1.807) is 25.6 Å². The van der Waals surface area contributed by atoms with Crippen molar-refractivity contribution >= 4 is 17.7 Å². The molecule has 0 radical (unpaired) electrons. The predicted molar refractivity (Wildman–Crippen MR) is 120 cm³/mol. The van der Waals surface area contributed by atoms with Crippen LogP contribution in [0, 0.1) is 0 Å². The molecule has 158 valence electrons. The number of benzene rings is 1. The van der Waals surface area contributed by atoms with E-state index in [-0.39, 0.29) is 5.91 Å². The molecule has 3 heterocycles. The zero-order chi connectivity index (χ0) is 20.8. The Morgan fingerprint density at radius 3 is 2.47 bits per heavy atom. The van der Waals surface area contributed by atoms with Gasteiger partial charge in [-0.15, -0.1) is 0 Å². The van der Waals surface area contributed by atoms with Crippen molar-refractivity contribution in [2.24, 2.45) is 0 Å². The largest absolute Gasteiger partial charge is 0.497 e. The molecule has 0 bridgehead atoms. The zero-order valence-corrected chi connectivity index (χ0v) is 17.6. The Balaban J connectivity index is 1.29. The van der Waals surface area contributed by atoms with Crippen LogP contribution in [0.4, 0.5) is 5.69 Å². The summed E-state index contributed by atoms with van der Waals surface area (Å²) in [5.41, 5.74) is 2.25. The summed E-state index contributed by atoms with van der Waals surface area (Å²) >= 11 is 0. The van der Waals surface area contributed by atoms with Gasteiger partial charge in [0.2, 0.25) is 5.91 Å². The van der Waals surface area contributed by atoms with Crippen molar-refractivity contribution in [3.63, 3.8) is 0 Å². The molecular formula is C24H30N4O2. The maximum absolute atomic E-state index is 12.7. The maximum atomic E-state index is 12.7. The SMILES string of the molecule is COc1ccc(N2CCN(C3CCCN(C(=O)/C=C/c4ccncc4)C3)CC2)cc1. The normalized spacial score (nSPS) is 20.5. The number of pyridine rings is 1. The fraction of sp³-hybridized carbons (Fsp3) is 0.417. The number of methoxy groups -OCH3 is 1. The van der Waals surface area contributed by atoms with E-state index in [0.29, 0.717) is 6.04 Å². The van der Waals surface area contributed by atoms with Gasteiger partial charge < -0.3 is 14.5 Å². The molecule has 2 aromatic rings. The minimum absolute atomic E-state index is 0.105. The van der Waals surface area contributed by atoms with E-state index in [4.69, 9.17) is 4.74 Å². The number of piperazine rings is 1.